The monoisotopic (exact) mass is 312 g/mol. The summed E-state index contributed by atoms with van der Waals surface area (Å²) in [5.41, 5.74) is 9.59. The molecule has 1 aromatic carbocycles. The van der Waals surface area contributed by atoms with Gasteiger partial charge in [0.05, 0.1) is 16.9 Å². The number of amides is 1. The number of carbonyl (C=O) groups excluding carboxylic acids is 1. The van der Waals surface area contributed by atoms with E-state index in [1.165, 1.54) is 0 Å². The summed E-state index contributed by atoms with van der Waals surface area (Å²) in [6.45, 7) is 4.48. The van der Waals surface area contributed by atoms with E-state index in [1.807, 2.05) is 48.9 Å². The summed E-state index contributed by atoms with van der Waals surface area (Å²) < 4.78 is 1.92. The number of nitrogens with zero attached hydrogens (tertiary/aromatic N) is 2. The molecule has 1 heterocycles. The van der Waals surface area contributed by atoms with Crippen LogP contribution in [0.5, 0.6) is 0 Å². The van der Waals surface area contributed by atoms with Gasteiger partial charge in [0, 0.05) is 17.8 Å². The lowest BCUT2D eigenvalue weighted by molar-refractivity contribution is -0.126. The van der Waals surface area contributed by atoms with Crippen molar-refractivity contribution in [3.63, 3.8) is 0 Å². The van der Waals surface area contributed by atoms with E-state index in [0.717, 1.165) is 48.3 Å². The third kappa shape index (κ3) is 3.01. The Labute approximate surface area is 136 Å². The molecular formula is C18H24N4O. The van der Waals surface area contributed by atoms with Gasteiger partial charge in [-0.1, -0.05) is 31.0 Å². The minimum atomic E-state index is -0.683. The number of benzene rings is 1. The first kappa shape index (κ1) is 15.7. The first-order valence-electron chi connectivity index (χ1n) is 8.19. The van der Waals surface area contributed by atoms with E-state index in [-0.39, 0.29) is 5.91 Å². The van der Waals surface area contributed by atoms with Gasteiger partial charge in [0.2, 0.25) is 5.91 Å². The van der Waals surface area contributed by atoms with Crippen LogP contribution in [0.1, 0.15) is 42.6 Å². The number of aromatic nitrogens is 2. The molecule has 0 spiro atoms. The molecule has 1 amide bonds. The summed E-state index contributed by atoms with van der Waals surface area (Å²) >= 11 is 0. The van der Waals surface area contributed by atoms with Crippen LogP contribution in [0.2, 0.25) is 0 Å². The average Bonchev–Trinajstić information content (AvgIpc) is 3.11. The van der Waals surface area contributed by atoms with Crippen LogP contribution >= 0.6 is 0 Å². The van der Waals surface area contributed by atoms with Crippen molar-refractivity contribution in [1.29, 1.82) is 0 Å². The van der Waals surface area contributed by atoms with Gasteiger partial charge in [-0.05, 0) is 38.8 Å². The number of para-hydroxylation sites is 1. The lowest BCUT2D eigenvalue weighted by Crippen LogP contribution is -2.51. The highest BCUT2D eigenvalue weighted by Gasteiger charge is 2.36. The lowest BCUT2D eigenvalue weighted by atomic mass is 9.98. The molecule has 23 heavy (non-hydrogen) atoms. The fourth-order valence-electron chi connectivity index (χ4n) is 3.33. The van der Waals surface area contributed by atoms with Crippen LogP contribution in [-0.4, -0.2) is 21.2 Å². The van der Waals surface area contributed by atoms with Gasteiger partial charge in [0.25, 0.3) is 0 Å². The molecule has 1 saturated carbocycles. The Morgan fingerprint density at radius 3 is 2.57 bits per heavy atom. The second-order valence-corrected chi connectivity index (χ2v) is 6.44. The van der Waals surface area contributed by atoms with Gasteiger partial charge in [-0.15, -0.1) is 0 Å². The molecule has 3 rings (SSSR count). The van der Waals surface area contributed by atoms with Crippen LogP contribution in [0.3, 0.4) is 0 Å². The highest BCUT2D eigenvalue weighted by atomic mass is 16.2. The fraction of sp³-hybridized carbons (Fsp3) is 0.444. The molecule has 5 heteroatoms. The van der Waals surface area contributed by atoms with E-state index < -0.39 is 5.54 Å². The zero-order valence-corrected chi connectivity index (χ0v) is 13.8. The Bertz CT molecular complexity index is 699. The maximum absolute atomic E-state index is 12.4. The standard InChI is InChI=1S/C18H24N4O/c1-13-16(12-20-17(23)18(19)10-6-7-11-18)14(2)22(21-13)15-8-4-3-5-9-15/h3-5,8-9H,6-7,10-12,19H2,1-2H3,(H,20,23). The van der Waals surface area contributed by atoms with Crippen LogP contribution in [0, 0.1) is 13.8 Å². The van der Waals surface area contributed by atoms with Gasteiger partial charge >= 0.3 is 0 Å². The molecule has 5 nitrogen and oxygen atoms in total. The first-order chi connectivity index (χ1) is 11.0. The SMILES string of the molecule is Cc1nn(-c2ccccc2)c(C)c1CNC(=O)C1(N)CCCC1. The third-order valence-corrected chi connectivity index (χ3v) is 4.82. The van der Waals surface area contributed by atoms with Gasteiger partial charge in [-0.25, -0.2) is 4.68 Å². The van der Waals surface area contributed by atoms with Gasteiger partial charge < -0.3 is 11.1 Å². The molecule has 3 N–H and O–H groups in total. The minimum Gasteiger partial charge on any atom is -0.350 e. The summed E-state index contributed by atoms with van der Waals surface area (Å²) in [4.78, 5) is 12.4. The Morgan fingerprint density at radius 1 is 1.26 bits per heavy atom. The Kier molecular flexibility index (Phi) is 4.22. The molecule has 1 fully saturated rings. The fourth-order valence-corrected chi connectivity index (χ4v) is 3.33. The predicted molar refractivity (Wildman–Crippen MR) is 90.3 cm³/mol. The van der Waals surface area contributed by atoms with E-state index in [0.29, 0.717) is 6.54 Å². The van der Waals surface area contributed by atoms with Crippen molar-refractivity contribution >= 4 is 5.91 Å². The Hall–Kier alpha value is -2.14. The molecule has 122 valence electrons. The molecule has 0 unspecified atom stereocenters. The minimum absolute atomic E-state index is 0.0405. The maximum Gasteiger partial charge on any atom is 0.240 e. The zero-order valence-electron chi connectivity index (χ0n) is 13.8. The van der Waals surface area contributed by atoms with E-state index in [2.05, 4.69) is 10.4 Å². The lowest BCUT2D eigenvalue weighted by Gasteiger charge is -2.22. The summed E-state index contributed by atoms with van der Waals surface area (Å²) in [5.74, 6) is -0.0405. The number of aryl methyl sites for hydroxylation is 1. The van der Waals surface area contributed by atoms with Gasteiger partial charge in [0.1, 0.15) is 0 Å². The van der Waals surface area contributed by atoms with Gasteiger partial charge in [-0.3, -0.25) is 4.79 Å². The molecule has 1 aliphatic rings. The topological polar surface area (TPSA) is 72.9 Å². The number of rotatable bonds is 4. The van der Waals surface area contributed by atoms with E-state index in [1.54, 1.807) is 0 Å². The highest BCUT2D eigenvalue weighted by Crippen LogP contribution is 2.27. The number of hydrogen-bond acceptors (Lipinski definition) is 3. The molecule has 0 aliphatic heterocycles. The molecule has 0 saturated heterocycles. The van der Waals surface area contributed by atoms with E-state index in [9.17, 15) is 4.79 Å². The predicted octanol–water partition coefficient (Wildman–Crippen LogP) is 2.38. The number of nitrogens with one attached hydrogen (secondary N) is 1. The van der Waals surface area contributed by atoms with Crippen molar-refractivity contribution in [3.8, 4) is 5.69 Å². The second kappa shape index (κ2) is 6.16. The van der Waals surface area contributed by atoms with Crippen LogP contribution in [-0.2, 0) is 11.3 Å². The quantitative estimate of drug-likeness (QED) is 0.910. The van der Waals surface area contributed by atoms with Crippen molar-refractivity contribution < 1.29 is 4.79 Å². The molecule has 1 aromatic heterocycles. The molecule has 2 aromatic rings. The van der Waals surface area contributed by atoms with Crippen LogP contribution in [0.25, 0.3) is 5.69 Å². The van der Waals surface area contributed by atoms with Crippen LogP contribution < -0.4 is 11.1 Å². The average molecular weight is 312 g/mol. The first-order valence-corrected chi connectivity index (χ1v) is 8.19. The Balaban J connectivity index is 1.76. The number of nitrogens with two attached hydrogens (primary N) is 1. The normalized spacial score (nSPS) is 16.5. The van der Waals surface area contributed by atoms with E-state index in [4.69, 9.17) is 5.73 Å². The molecular weight excluding hydrogens is 288 g/mol. The molecule has 1 aliphatic carbocycles. The summed E-state index contributed by atoms with van der Waals surface area (Å²) in [5, 5.41) is 7.62. The highest BCUT2D eigenvalue weighted by molar-refractivity contribution is 5.86. The number of hydrogen-bond donors (Lipinski definition) is 2. The van der Waals surface area contributed by atoms with Crippen LogP contribution in [0.15, 0.2) is 30.3 Å². The van der Waals surface area contributed by atoms with Gasteiger partial charge in [0.15, 0.2) is 0 Å². The van der Waals surface area contributed by atoms with Crippen molar-refractivity contribution in [2.24, 2.45) is 5.73 Å². The number of carbonyl (C=O) groups is 1. The summed E-state index contributed by atoms with van der Waals surface area (Å²) in [6.07, 6.45) is 3.63. The van der Waals surface area contributed by atoms with Crippen LogP contribution in [0.4, 0.5) is 0 Å². The maximum atomic E-state index is 12.4. The van der Waals surface area contributed by atoms with Gasteiger partial charge in [-0.2, -0.15) is 5.10 Å². The van der Waals surface area contributed by atoms with E-state index >= 15 is 0 Å². The summed E-state index contributed by atoms with van der Waals surface area (Å²) in [7, 11) is 0. The largest absolute Gasteiger partial charge is 0.350 e. The summed E-state index contributed by atoms with van der Waals surface area (Å²) in [6, 6.07) is 10.0. The van der Waals surface area contributed by atoms with Crippen molar-refractivity contribution in [3.05, 3.63) is 47.3 Å². The zero-order chi connectivity index (χ0) is 16.4. The molecule has 0 atom stereocenters. The third-order valence-electron chi connectivity index (χ3n) is 4.82. The smallest absolute Gasteiger partial charge is 0.240 e. The van der Waals surface area contributed by atoms with Crippen molar-refractivity contribution in [1.82, 2.24) is 15.1 Å². The van der Waals surface area contributed by atoms with Crippen molar-refractivity contribution in [2.45, 2.75) is 51.6 Å². The second-order valence-electron chi connectivity index (χ2n) is 6.44. The molecule has 0 bridgehead atoms. The Morgan fingerprint density at radius 2 is 1.91 bits per heavy atom. The molecule has 0 radical (unpaired) electrons. The van der Waals surface area contributed by atoms with Crippen molar-refractivity contribution in [2.75, 3.05) is 0 Å².